The minimum absolute atomic E-state index is 0.00218. The zero-order valence-corrected chi connectivity index (χ0v) is 14.5. The van der Waals surface area contributed by atoms with E-state index >= 15 is 0 Å². The number of hydrogen-bond acceptors (Lipinski definition) is 2. The van der Waals surface area contributed by atoms with Gasteiger partial charge >= 0.3 is 5.97 Å². The van der Waals surface area contributed by atoms with E-state index in [1.54, 1.807) is 13.8 Å². The molecule has 4 nitrogen and oxygen atoms in total. The average Bonchev–Trinajstić information content (AvgIpc) is 2.46. The Hall–Kier alpha value is -1.84. The number of benzene rings is 1. The molecule has 0 radical (unpaired) electrons. The van der Waals surface area contributed by atoms with Crippen molar-refractivity contribution in [3.8, 4) is 0 Å². The van der Waals surface area contributed by atoms with Gasteiger partial charge in [0.25, 0.3) is 0 Å². The summed E-state index contributed by atoms with van der Waals surface area (Å²) in [5.41, 5.74) is 1.80. The number of fused-ring (bicyclic) bond motifs is 1. The molecule has 1 aromatic carbocycles. The van der Waals surface area contributed by atoms with E-state index < -0.39 is 11.4 Å². The number of amides is 1. The number of carboxylic acids is 1. The molecule has 126 valence electrons. The number of nitrogens with one attached hydrogen (secondary N) is 1. The summed E-state index contributed by atoms with van der Waals surface area (Å²) < 4.78 is 0. The van der Waals surface area contributed by atoms with Crippen molar-refractivity contribution < 1.29 is 14.7 Å². The predicted octanol–water partition coefficient (Wildman–Crippen LogP) is 3.46. The van der Waals surface area contributed by atoms with E-state index in [2.05, 4.69) is 37.4 Å². The highest BCUT2D eigenvalue weighted by atomic mass is 16.4. The van der Waals surface area contributed by atoms with Gasteiger partial charge in [0.1, 0.15) is 0 Å². The Morgan fingerprint density at radius 1 is 1.30 bits per heavy atom. The fourth-order valence-corrected chi connectivity index (χ4v) is 3.28. The summed E-state index contributed by atoms with van der Waals surface area (Å²) in [6.45, 7) is 8.24. The second kappa shape index (κ2) is 6.34. The van der Waals surface area contributed by atoms with Crippen molar-refractivity contribution in [3.63, 3.8) is 0 Å². The zero-order valence-electron chi connectivity index (χ0n) is 14.5. The minimum Gasteiger partial charge on any atom is -0.481 e. The first-order valence-electron chi connectivity index (χ1n) is 8.23. The van der Waals surface area contributed by atoms with Gasteiger partial charge < -0.3 is 10.4 Å². The van der Waals surface area contributed by atoms with Crippen LogP contribution >= 0.6 is 0 Å². The number of carboxylic acid groups (broad SMARTS) is 1. The van der Waals surface area contributed by atoms with E-state index in [4.69, 9.17) is 5.11 Å². The molecule has 23 heavy (non-hydrogen) atoms. The summed E-state index contributed by atoms with van der Waals surface area (Å²) >= 11 is 0. The Morgan fingerprint density at radius 2 is 1.96 bits per heavy atom. The smallest absolute Gasteiger partial charge is 0.309 e. The van der Waals surface area contributed by atoms with Crippen LogP contribution in [-0.4, -0.2) is 23.5 Å². The fraction of sp³-hybridized carbons (Fsp3) is 0.579. The van der Waals surface area contributed by atoms with Crippen molar-refractivity contribution in [1.82, 2.24) is 5.32 Å². The van der Waals surface area contributed by atoms with Gasteiger partial charge in [-0.1, -0.05) is 38.1 Å². The molecule has 1 unspecified atom stereocenters. The van der Waals surface area contributed by atoms with Crippen LogP contribution in [0, 0.1) is 5.41 Å². The van der Waals surface area contributed by atoms with Crippen LogP contribution in [-0.2, 0) is 15.0 Å². The van der Waals surface area contributed by atoms with Crippen LogP contribution < -0.4 is 5.32 Å². The molecule has 0 heterocycles. The van der Waals surface area contributed by atoms with E-state index in [0.29, 0.717) is 12.5 Å². The second-order valence-electron chi connectivity index (χ2n) is 7.88. The van der Waals surface area contributed by atoms with Gasteiger partial charge in [-0.3, -0.25) is 9.59 Å². The predicted molar refractivity (Wildman–Crippen MR) is 90.5 cm³/mol. The van der Waals surface area contributed by atoms with Gasteiger partial charge in [-0.25, -0.2) is 0 Å². The summed E-state index contributed by atoms with van der Waals surface area (Å²) in [5, 5.41) is 12.0. The maximum Gasteiger partial charge on any atom is 0.309 e. The summed E-state index contributed by atoms with van der Waals surface area (Å²) in [6, 6.07) is 8.44. The first kappa shape index (κ1) is 17.5. The molecule has 0 aliphatic heterocycles. The SMILES string of the molecule is CC(C)(CC(=O)NCC1CCC(C)(C)c2ccccc21)C(=O)O. The number of carbonyl (C=O) groups is 2. The van der Waals surface area contributed by atoms with Crippen molar-refractivity contribution in [2.24, 2.45) is 5.41 Å². The normalized spacial score (nSPS) is 19.7. The third-order valence-electron chi connectivity index (χ3n) is 4.97. The van der Waals surface area contributed by atoms with Crippen LogP contribution in [0.2, 0.25) is 0 Å². The molecule has 0 saturated heterocycles. The van der Waals surface area contributed by atoms with Gasteiger partial charge in [0, 0.05) is 18.9 Å². The first-order valence-corrected chi connectivity index (χ1v) is 8.23. The Balaban J connectivity index is 2.02. The third kappa shape index (κ3) is 3.92. The molecule has 0 spiro atoms. The molecule has 1 amide bonds. The van der Waals surface area contributed by atoms with E-state index in [1.807, 2.05) is 6.07 Å². The Morgan fingerprint density at radius 3 is 2.61 bits per heavy atom. The van der Waals surface area contributed by atoms with Gasteiger partial charge in [-0.2, -0.15) is 0 Å². The number of rotatable bonds is 5. The van der Waals surface area contributed by atoms with Gasteiger partial charge in [0.2, 0.25) is 5.91 Å². The Kier molecular flexibility index (Phi) is 4.83. The Bertz CT molecular complexity index is 604. The van der Waals surface area contributed by atoms with Crippen molar-refractivity contribution in [2.45, 2.75) is 58.3 Å². The highest BCUT2D eigenvalue weighted by Gasteiger charge is 2.33. The molecule has 1 atom stereocenters. The van der Waals surface area contributed by atoms with Gasteiger partial charge in [0.05, 0.1) is 5.41 Å². The number of aliphatic carboxylic acids is 1. The summed E-state index contributed by atoms with van der Waals surface area (Å²) in [5.74, 6) is -0.840. The molecule has 1 aliphatic carbocycles. The van der Waals surface area contributed by atoms with Crippen molar-refractivity contribution in [3.05, 3.63) is 35.4 Å². The second-order valence-corrected chi connectivity index (χ2v) is 7.88. The largest absolute Gasteiger partial charge is 0.481 e. The van der Waals surface area contributed by atoms with Crippen LogP contribution in [0.1, 0.15) is 64.0 Å². The van der Waals surface area contributed by atoms with E-state index in [9.17, 15) is 9.59 Å². The van der Waals surface area contributed by atoms with Crippen LogP contribution in [0.25, 0.3) is 0 Å². The molecule has 0 aromatic heterocycles. The molecule has 0 bridgehead atoms. The molecule has 0 fully saturated rings. The van der Waals surface area contributed by atoms with Crippen molar-refractivity contribution in [1.29, 1.82) is 0 Å². The molecule has 0 saturated carbocycles. The van der Waals surface area contributed by atoms with Crippen LogP contribution in [0.5, 0.6) is 0 Å². The lowest BCUT2D eigenvalue weighted by Crippen LogP contribution is -2.37. The Labute approximate surface area is 138 Å². The van der Waals surface area contributed by atoms with Crippen LogP contribution in [0.3, 0.4) is 0 Å². The summed E-state index contributed by atoms with van der Waals surface area (Å²) in [7, 11) is 0. The standard InChI is InChI=1S/C19H27NO3/c1-18(2)10-9-13(14-7-5-6-8-15(14)18)12-20-16(21)11-19(3,4)17(22)23/h5-8,13H,9-12H2,1-4H3,(H,20,21)(H,22,23). The molecule has 4 heteroatoms. The summed E-state index contributed by atoms with van der Waals surface area (Å²) in [6.07, 6.45) is 2.12. The molecule has 1 aliphatic rings. The molecular weight excluding hydrogens is 290 g/mol. The monoisotopic (exact) mass is 317 g/mol. The maximum atomic E-state index is 12.1. The van der Waals surface area contributed by atoms with Crippen LogP contribution in [0.4, 0.5) is 0 Å². The quantitative estimate of drug-likeness (QED) is 0.874. The average molecular weight is 317 g/mol. The van der Waals surface area contributed by atoms with E-state index in [0.717, 1.165) is 12.8 Å². The highest BCUT2D eigenvalue weighted by molar-refractivity contribution is 5.84. The minimum atomic E-state index is -1.03. The lowest BCUT2D eigenvalue weighted by molar-refractivity contribution is -0.149. The fourth-order valence-electron chi connectivity index (χ4n) is 3.28. The zero-order chi connectivity index (χ0) is 17.3. The molecular formula is C19H27NO3. The topological polar surface area (TPSA) is 66.4 Å². The third-order valence-corrected chi connectivity index (χ3v) is 4.97. The van der Waals surface area contributed by atoms with Crippen LogP contribution in [0.15, 0.2) is 24.3 Å². The highest BCUT2D eigenvalue weighted by Crippen LogP contribution is 2.42. The van der Waals surface area contributed by atoms with Crippen molar-refractivity contribution in [2.75, 3.05) is 6.54 Å². The van der Waals surface area contributed by atoms with Gasteiger partial charge in [-0.05, 0) is 43.2 Å². The van der Waals surface area contributed by atoms with Gasteiger partial charge in [0.15, 0.2) is 0 Å². The molecule has 2 rings (SSSR count). The number of carbonyl (C=O) groups excluding carboxylic acids is 1. The maximum absolute atomic E-state index is 12.1. The molecule has 2 N–H and O–H groups in total. The first-order chi connectivity index (χ1) is 10.6. The van der Waals surface area contributed by atoms with Crippen molar-refractivity contribution >= 4 is 11.9 Å². The van der Waals surface area contributed by atoms with Gasteiger partial charge in [-0.15, -0.1) is 0 Å². The lowest BCUT2D eigenvalue weighted by atomic mass is 9.69. The number of hydrogen-bond donors (Lipinski definition) is 2. The lowest BCUT2D eigenvalue weighted by Gasteiger charge is -2.37. The van der Waals surface area contributed by atoms with E-state index in [-0.39, 0.29) is 17.7 Å². The van der Waals surface area contributed by atoms with E-state index in [1.165, 1.54) is 11.1 Å². The summed E-state index contributed by atoms with van der Waals surface area (Å²) in [4.78, 5) is 23.2. The molecule has 1 aromatic rings.